The number of hydrogen-bond acceptors (Lipinski definition) is 5. The normalized spacial score (nSPS) is 25.9. The van der Waals surface area contributed by atoms with Gasteiger partial charge in [0.05, 0.1) is 12.6 Å². The minimum Gasteiger partial charge on any atom is -0.450 e. The van der Waals surface area contributed by atoms with Crippen LogP contribution in [-0.4, -0.2) is 67.0 Å². The number of amides is 1. The molecule has 0 atom stereocenters. The third kappa shape index (κ3) is 3.52. The fourth-order valence-electron chi connectivity index (χ4n) is 4.18. The molecule has 1 amide bonds. The number of piperidine rings is 1. The Labute approximate surface area is 138 Å². The van der Waals surface area contributed by atoms with Crippen LogP contribution in [0.25, 0.3) is 0 Å². The molecule has 1 spiro atoms. The van der Waals surface area contributed by atoms with E-state index in [1.54, 1.807) is 6.08 Å². The summed E-state index contributed by atoms with van der Waals surface area (Å²) in [6, 6.07) is 1.15. The van der Waals surface area contributed by atoms with E-state index in [9.17, 15) is 4.79 Å². The summed E-state index contributed by atoms with van der Waals surface area (Å²) in [7, 11) is 0. The van der Waals surface area contributed by atoms with Crippen LogP contribution in [0.2, 0.25) is 0 Å². The molecule has 0 bridgehead atoms. The van der Waals surface area contributed by atoms with Crippen molar-refractivity contribution in [1.29, 1.82) is 0 Å². The van der Waals surface area contributed by atoms with Crippen LogP contribution in [0.3, 0.4) is 0 Å². The summed E-state index contributed by atoms with van der Waals surface area (Å²) in [6.07, 6.45) is 9.70. The van der Waals surface area contributed by atoms with Gasteiger partial charge in [0.2, 0.25) is 0 Å². The van der Waals surface area contributed by atoms with E-state index >= 15 is 0 Å². The lowest BCUT2D eigenvalue weighted by Gasteiger charge is -2.61. The van der Waals surface area contributed by atoms with Crippen LogP contribution < -0.4 is 5.73 Å². The van der Waals surface area contributed by atoms with E-state index < -0.39 is 0 Å². The molecule has 0 aromatic heterocycles. The Hall–Kier alpha value is -1.56. The summed E-state index contributed by atoms with van der Waals surface area (Å²) in [5.41, 5.74) is 5.70. The molecule has 2 N–H and O–H groups in total. The minimum absolute atomic E-state index is 0.147. The summed E-state index contributed by atoms with van der Waals surface area (Å²) in [4.78, 5) is 20.6. The summed E-state index contributed by atoms with van der Waals surface area (Å²) < 4.78 is 5.05. The molecule has 1 aliphatic carbocycles. The highest BCUT2D eigenvalue weighted by Gasteiger charge is 2.55. The van der Waals surface area contributed by atoms with Gasteiger partial charge < -0.3 is 20.3 Å². The molecule has 6 heteroatoms. The van der Waals surface area contributed by atoms with Gasteiger partial charge >= 0.3 is 6.09 Å². The van der Waals surface area contributed by atoms with Crippen molar-refractivity contribution in [2.45, 2.75) is 44.7 Å². The summed E-state index contributed by atoms with van der Waals surface area (Å²) in [5, 5.41) is 0. The topological polar surface area (TPSA) is 71.2 Å². The van der Waals surface area contributed by atoms with Gasteiger partial charge in [-0.15, -0.1) is 0 Å². The van der Waals surface area contributed by atoms with Crippen molar-refractivity contribution in [3.63, 3.8) is 0 Å². The molecule has 23 heavy (non-hydrogen) atoms. The van der Waals surface area contributed by atoms with Crippen molar-refractivity contribution in [2.24, 2.45) is 16.1 Å². The number of ether oxygens (including phenoxy) is 1. The first kappa shape index (κ1) is 16.3. The Morgan fingerprint density at radius 1 is 1.35 bits per heavy atom. The molecule has 0 radical (unpaired) electrons. The van der Waals surface area contributed by atoms with E-state index in [4.69, 9.17) is 10.5 Å². The molecule has 1 saturated carbocycles. The highest BCUT2D eigenvalue weighted by Crippen LogP contribution is 2.50. The number of carbonyl (C=O) groups excluding carboxylic acids is 1. The molecule has 2 saturated heterocycles. The lowest BCUT2D eigenvalue weighted by Crippen LogP contribution is -2.68. The Balaban J connectivity index is 1.36. The van der Waals surface area contributed by atoms with Crippen molar-refractivity contribution in [3.8, 4) is 0 Å². The van der Waals surface area contributed by atoms with Gasteiger partial charge in [0.15, 0.2) is 0 Å². The largest absolute Gasteiger partial charge is 0.450 e. The maximum atomic E-state index is 11.6. The second kappa shape index (κ2) is 6.91. The van der Waals surface area contributed by atoms with Gasteiger partial charge in [-0.05, 0) is 44.9 Å². The van der Waals surface area contributed by atoms with Crippen LogP contribution in [-0.2, 0) is 4.74 Å². The van der Waals surface area contributed by atoms with Crippen LogP contribution >= 0.6 is 0 Å². The number of aliphatic imine (C=N–C) groups is 1. The smallest absolute Gasteiger partial charge is 0.409 e. The Kier molecular flexibility index (Phi) is 4.90. The molecular formula is C17H28N4O2. The third-order valence-corrected chi connectivity index (χ3v) is 5.43. The maximum absolute atomic E-state index is 11.6. The number of hydrogen-bond donors (Lipinski definition) is 1. The van der Waals surface area contributed by atoms with Crippen molar-refractivity contribution in [1.82, 2.24) is 9.80 Å². The first-order chi connectivity index (χ1) is 11.2. The van der Waals surface area contributed by atoms with Crippen molar-refractivity contribution >= 4 is 12.3 Å². The van der Waals surface area contributed by atoms with Gasteiger partial charge in [-0.1, -0.05) is 0 Å². The second-order valence-corrected chi connectivity index (χ2v) is 7.07. The van der Waals surface area contributed by atoms with E-state index in [0.717, 1.165) is 39.0 Å². The van der Waals surface area contributed by atoms with Gasteiger partial charge in [-0.3, -0.25) is 4.99 Å². The quantitative estimate of drug-likeness (QED) is 0.799. The number of rotatable bonds is 4. The van der Waals surface area contributed by atoms with Crippen molar-refractivity contribution in [3.05, 3.63) is 12.3 Å². The number of likely N-dealkylation sites (tertiary alicyclic amines) is 2. The van der Waals surface area contributed by atoms with E-state index in [1.165, 1.54) is 19.0 Å². The zero-order chi connectivity index (χ0) is 16.3. The summed E-state index contributed by atoms with van der Waals surface area (Å²) in [5.74, 6) is 0. The molecule has 2 aliphatic heterocycles. The molecule has 3 aliphatic rings. The lowest BCUT2D eigenvalue weighted by molar-refractivity contribution is -0.103. The Morgan fingerprint density at radius 2 is 2.04 bits per heavy atom. The fraction of sp³-hybridized carbons (Fsp3) is 0.765. The van der Waals surface area contributed by atoms with Gasteiger partial charge in [-0.25, -0.2) is 4.79 Å². The molecule has 0 aromatic carbocycles. The van der Waals surface area contributed by atoms with Crippen LogP contribution in [0.15, 0.2) is 17.3 Å². The molecule has 3 fully saturated rings. The SMILES string of the molecule is CCOC(=O)N1CC2(CC(N3CCC(N=CC=CN)CC3)C2)C1. The summed E-state index contributed by atoms with van der Waals surface area (Å²) in [6.45, 7) is 6.35. The molecule has 2 heterocycles. The molecular weight excluding hydrogens is 292 g/mol. The van der Waals surface area contributed by atoms with Crippen LogP contribution in [0, 0.1) is 5.41 Å². The van der Waals surface area contributed by atoms with Crippen LogP contribution in [0.4, 0.5) is 4.79 Å². The van der Waals surface area contributed by atoms with E-state index in [-0.39, 0.29) is 6.09 Å². The predicted octanol–water partition coefficient (Wildman–Crippen LogP) is 1.61. The number of nitrogens with two attached hydrogens (primary N) is 1. The van der Waals surface area contributed by atoms with Gasteiger partial charge in [0, 0.05) is 43.9 Å². The third-order valence-electron chi connectivity index (χ3n) is 5.43. The second-order valence-electron chi connectivity index (χ2n) is 7.07. The first-order valence-corrected chi connectivity index (χ1v) is 8.71. The van der Waals surface area contributed by atoms with Crippen LogP contribution in [0.5, 0.6) is 0 Å². The predicted molar refractivity (Wildman–Crippen MR) is 90.5 cm³/mol. The molecule has 0 unspecified atom stereocenters. The molecule has 6 nitrogen and oxygen atoms in total. The summed E-state index contributed by atoms with van der Waals surface area (Å²) >= 11 is 0. The monoisotopic (exact) mass is 320 g/mol. The highest BCUT2D eigenvalue weighted by atomic mass is 16.6. The Morgan fingerprint density at radius 3 is 2.65 bits per heavy atom. The molecule has 0 aromatic rings. The van der Waals surface area contributed by atoms with E-state index in [1.807, 2.05) is 18.0 Å². The minimum atomic E-state index is -0.147. The van der Waals surface area contributed by atoms with Crippen molar-refractivity contribution in [2.75, 3.05) is 32.8 Å². The average Bonchev–Trinajstić information content (AvgIpc) is 2.46. The fourth-order valence-corrected chi connectivity index (χ4v) is 4.18. The maximum Gasteiger partial charge on any atom is 0.409 e. The van der Waals surface area contributed by atoms with Gasteiger partial charge in [0.25, 0.3) is 0 Å². The standard InChI is InChI=1S/C17H28N4O2/c1-2-23-16(22)21-12-17(13-21)10-15(11-17)20-8-4-14(5-9-20)19-7-3-6-18/h3,6-7,14-15H,2,4-5,8-13,18H2,1H3. The van der Waals surface area contributed by atoms with Gasteiger partial charge in [-0.2, -0.15) is 0 Å². The molecule has 128 valence electrons. The number of carbonyl (C=O) groups is 1. The Bertz CT molecular complexity index is 469. The van der Waals surface area contributed by atoms with Crippen LogP contribution in [0.1, 0.15) is 32.6 Å². The number of allylic oxidation sites excluding steroid dienone is 1. The zero-order valence-corrected chi connectivity index (χ0v) is 14.0. The first-order valence-electron chi connectivity index (χ1n) is 8.71. The molecule has 3 rings (SSSR count). The van der Waals surface area contributed by atoms with Gasteiger partial charge in [0.1, 0.15) is 0 Å². The number of nitrogens with zero attached hydrogens (tertiary/aromatic N) is 3. The zero-order valence-electron chi connectivity index (χ0n) is 14.0. The average molecular weight is 320 g/mol. The highest BCUT2D eigenvalue weighted by molar-refractivity contribution is 5.71. The van der Waals surface area contributed by atoms with Crippen molar-refractivity contribution < 1.29 is 9.53 Å². The van der Waals surface area contributed by atoms with E-state index in [0.29, 0.717) is 24.1 Å². The van der Waals surface area contributed by atoms with E-state index in [2.05, 4.69) is 9.89 Å². The lowest BCUT2D eigenvalue weighted by atomic mass is 9.60.